The number of rotatable bonds is 6. The number of aliphatic hydroxyl groups is 1. The number of carbonyl (C=O) groups is 2. The average Bonchev–Trinajstić information content (AvgIpc) is 3.11. The third kappa shape index (κ3) is 5.06. The van der Waals surface area contributed by atoms with Gasteiger partial charge >= 0.3 is 0 Å². The summed E-state index contributed by atoms with van der Waals surface area (Å²) < 4.78 is 5.37. The summed E-state index contributed by atoms with van der Waals surface area (Å²) in [5.74, 6) is 0.315. The third-order valence-corrected chi connectivity index (χ3v) is 4.26. The zero-order valence-electron chi connectivity index (χ0n) is 15.1. The highest BCUT2D eigenvalue weighted by Crippen LogP contribution is 2.17. The molecule has 2 unspecified atom stereocenters. The summed E-state index contributed by atoms with van der Waals surface area (Å²) in [4.78, 5) is 24.5. The molecule has 4 N–H and O–H groups in total. The largest absolute Gasteiger partial charge is 0.494 e. The number of anilines is 2. The van der Waals surface area contributed by atoms with E-state index in [0.717, 1.165) is 5.75 Å². The molecular weight excluding hydrogens is 346 g/mol. The van der Waals surface area contributed by atoms with Crippen LogP contribution in [0.4, 0.5) is 11.4 Å². The van der Waals surface area contributed by atoms with E-state index in [-0.39, 0.29) is 11.8 Å². The molecule has 1 heterocycles. The summed E-state index contributed by atoms with van der Waals surface area (Å²) in [5.41, 5.74) is 1.75. The minimum atomic E-state index is -0.491. The maximum absolute atomic E-state index is 12.3. The second-order valence-corrected chi connectivity index (χ2v) is 6.33. The molecule has 1 aliphatic heterocycles. The van der Waals surface area contributed by atoms with Crippen molar-refractivity contribution in [2.75, 3.05) is 23.8 Å². The van der Waals surface area contributed by atoms with E-state index in [1.54, 1.807) is 48.5 Å². The van der Waals surface area contributed by atoms with Gasteiger partial charge < -0.3 is 25.8 Å². The lowest BCUT2D eigenvalue weighted by molar-refractivity contribution is -0.117. The predicted molar refractivity (Wildman–Crippen MR) is 103 cm³/mol. The highest BCUT2D eigenvalue weighted by molar-refractivity contribution is 6.04. The zero-order valence-corrected chi connectivity index (χ0v) is 15.1. The summed E-state index contributed by atoms with van der Waals surface area (Å²) in [5, 5.41) is 18.0. The molecule has 0 bridgehead atoms. The van der Waals surface area contributed by atoms with E-state index in [4.69, 9.17) is 4.74 Å². The van der Waals surface area contributed by atoms with Gasteiger partial charge in [0.05, 0.1) is 18.8 Å². The van der Waals surface area contributed by atoms with Crippen LogP contribution in [-0.2, 0) is 4.79 Å². The first-order valence-electron chi connectivity index (χ1n) is 8.91. The number of amides is 2. The third-order valence-electron chi connectivity index (χ3n) is 4.26. The zero-order chi connectivity index (χ0) is 19.2. The molecule has 27 heavy (non-hydrogen) atoms. The minimum Gasteiger partial charge on any atom is -0.494 e. The minimum absolute atomic E-state index is 0.196. The summed E-state index contributed by atoms with van der Waals surface area (Å²) in [7, 11) is 0. The number of β-amino-alcohol motifs (C(OH)–C–C–N with tert-alkyl or cyclic N) is 1. The number of nitrogens with one attached hydrogen (secondary N) is 3. The summed E-state index contributed by atoms with van der Waals surface area (Å²) in [6, 6.07) is 13.4. The average molecular weight is 369 g/mol. The number of ether oxygens (including phenoxy) is 1. The van der Waals surface area contributed by atoms with Gasteiger partial charge in [-0.3, -0.25) is 9.59 Å². The van der Waals surface area contributed by atoms with Crippen LogP contribution in [0.3, 0.4) is 0 Å². The van der Waals surface area contributed by atoms with Crippen LogP contribution in [0, 0.1) is 0 Å². The Bertz CT molecular complexity index is 790. The Morgan fingerprint density at radius 1 is 1.07 bits per heavy atom. The first kappa shape index (κ1) is 18.9. The van der Waals surface area contributed by atoms with Crippen molar-refractivity contribution in [3.05, 3.63) is 54.1 Å². The summed E-state index contributed by atoms with van der Waals surface area (Å²) >= 11 is 0. The molecular formula is C20H23N3O4. The van der Waals surface area contributed by atoms with Crippen molar-refractivity contribution in [2.45, 2.75) is 25.5 Å². The molecule has 142 valence electrons. The van der Waals surface area contributed by atoms with E-state index in [9.17, 15) is 14.7 Å². The number of hydrogen-bond donors (Lipinski definition) is 4. The number of aliphatic hydroxyl groups excluding tert-OH is 1. The van der Waals surface area contributed by atoms with Gasteiger partial charge in [-0.05, 0) is 61.9 Å². The molecule has 1 aliphatic rings. The van der Waals surface area contributed by atoms with E-state index in [1.807, 2.05) is 6.92 Å². The molecule has 2 amide bonds. The van der Waals surface area contributed by atoms with Gasteiger partial charge in [0, 0.05) is 23.5 Å². The fraction of sp³-hybridized carbons (Fsp3) is 0.300. The van der Waals surface area contributed by atoms with Crippen LogP contribution >= 0.6 is 0 Å². The summed E-state index contributed by atoms with van der Waals surface area (Å²) in [6.07, 6.45) is -0.0940. The van der Waals surface area contributed by atoms with Crippen molar-refractivity contribution >= 4 is 23.2 Å². The molecule has 2 aromatic rings. The highest BCUT2D eigenvalue weighted by Gasteiger charge is 2.27. The Labute approximate surface area is 157 Å². The van der Waals surface area contributed by atoms with Crippen molar-refractivity contribution in [3.8, 4) is 5.75 Å². The number of benzene rings is 2. The molecule has 3 rings (SSSR count). The van der Waals surface area contributed by atoms with Crippen LogP contribution in [-0.4, -0.2) is 42.2 Å². The Morgan fingerprint density at radius 3 is 2.30 bits per heavy atom. The van der Waals surface area contributed by atoms with E-state index in [0.29, 0.717) is 36.5 Å². The molecule has 7 heteroatoms. The molecule has 0 saturated carbocycles. The topological polar surface area (TPSA) is 99.7 Å². The molecule has 0 aromatic heterocycles. The fourth-order valence-corrected chi connectivity index (χ4v) is 2.86. The van der Waals surface area contributed by atoms with Crippen LogP contribution in [0.2, 0.25) is 0 Å². The van der Waals surface area contributed by atoms with E-state index in [1.165, 1.54) is 0 Å². The Hall–Kier alpha value is -2.90. The van der Waals surface area contributed by atoms with Gasteiger partial charge in [0.1, 0.15) is 5.75 Å². The van der Waals surface area contributed by atoms with E-state index in [2.05, 4.69) is 16.0 Å². The lowest BCUT2D eigenvalue weighted by atomic mass is 10.1. The summed E-state index contributed by atoms with van der Waals surface area (Å²) in [6.45, 7) is 2.92. The normalized spacial score (nSPS) is 18.7. The molecule has 1 saturated heterocycles. The maximum atomic E-state index is 12.3. The van der Waals surface area contributed by atoms with Crippen molar-refractivity contribution in [3.63, 3.8) is 0 Å². The number of hydrogen-bond acceptors (Lipinski definition) is 5. The van der Waals surface area contributed by atoms with Gasteiger partial charge in [-0.2, -0.15) is 0 Å². The van der Waals surface area contributed by atoms with Crippen molar-refractivity contribution in [1.29, 1.82) is 0 Å². The molecule has 2 atom stereocenters. The van der Waals surface area contributed by atoms with Gasteiger partial charge in [0.2, 0.25) is 5.91 Å². The van der Waals surface area contributed by atoms with Gasteiger partial charge in [-0.1, -0.05) is 0 Å². The second kappa shape index (κ2) is 8.66. The quantitative estimate of drug-likeness (QED) is 0.624. The van der Waals surface area contributed by atoms with Gasteiger partial charge in [0.25, 0.3) is 5.91 Å². The van der Waals surface area contributed by atoms with Crippen molar-refractivity contribution in [1.82, 2.24) is 5.32 Å². The molecule has 2 aromatic carbocycles. The van der Waals surface area contributed by atoms with Crippen LogP contribution in [0.5, 0.6) is 5.75 Å². The first-order chi connectivity index (χ1) is 13.0. The van der Waals surface area contributed by atoms with E-state index < -0.39 is 12.1 Å². The van der Waals surface area contributed by atoms with E-state index >= 15 is 0 Å². The second-order valence-electron chi connectivity index (χ2n) is 6.33. The monoisotopic (exact) mass is 369 g/mol. The highest BCUT2D eigenvalue weighted by atomic mass is 16.5. The Kier molecular flexibility index (Phi) is 6.05. The standard InChI is InChI=1S/C20H23N3O4/c1-2-27-17-9-7-15(8-10-17)22-19(25)13-3-5-14(6-4-13)23-20(26)18-11-16(24)12-21-18/h3-10,16,18,21,24H,2,11-12H2,1H3,(H,22,25)(H,23,26). The van der Waals surface area contributed by atoms with Crippen molar-refractivity contribution < 1.29 is 19.4 Å². The van der Waals surface area contributed by atoms with Crippen LogP contribution < -0.4 is 20.7 Å². The van der Waals surface area contributed by atoms with Gasteiger partial charge in [0.15, 0.2) is 0 Å². The molecule has 7 nitrogen and oxygen atoms in total. The maximum Gasteiger partial charge on any atom is 0.255 e. The Balaban J connectivity index is 1.56. The first-order valence-corrected chi connectivity index (χ1v) is 8.91. The molecule has 0 spiro atoms. The Morgan fingerprint density at radius 2 is 1.70 bits per heavy atom. The van der Waals surface area contributed by atoms with Crippen LogP contribution in [0.1, 0.15) is 23.7 Å². The predicted octanol–water partition coefficient (Wildman–Crippen LogP) is 2.00. The SMILES string of the molecule is CCOc1ccc(NC(=O)c2ccc(NC(=O)C3CC(O)CN3)cc2)cc1. The van der Waals surface area contributed by atoms with Crippen LogP contribution in [0.25, 0.3) is 0 Å². The lowest BCUT2D eigenvalue weighted by Gasteiger charge is -2.11. The number of carbonyl (C=O) groups excluding carboxylic acids is 2. The molecule has 1 fully saturated rings. The fourth-order valence-electron chi connectivity index (χ4n) is 2.86. The molecule has 0 radical (unpaired) electrons. The van der Waals surface area contributed by atoms with Gasteiger partial charge in [-0.25, -0.2) is 0 Å². The van der Waals surface area contributed by atoms with Crippen LogP contribution in [0.15, 0.2) is 48.5 Å². The molecule has 0 aliphatic carbocycles. The van der Waals surface area contributed by atoms with Gasteiger partial charge in [-0.15, -0.1) is 0 Å². The van der Waals surface area contributed by atoms with Crippen molar-refractivity contribution in [2.24, 2.45) is 0 Å². The smallest absolute Gasteiger partial charge is 0.255 e. The lowest BCUT2D eigenvalue weighted by Crippen LogP contribution is -2.35.